The van der Waals surface area contributed by atoms with E-state index in [1.165, 1.54) is 43.4 Å². The van der Waals surface area contributed by atoms with Crippen LogP contribution in [0.4, 0.5) is 5.69 Å². The Morgan fingerprint density at radius 2 is 1.39 bits per heavy atom. The molecule has 3 heteroatoms. The smallest absolute Gasteiger partial charge is 0.139 e. The van der Waals surface area contributed by atoms with Gasteiger partial charge in [0.2, 0.25) is 0 Å². The SMILES string of the molecule is CC.CC.CC.CC.c1cc(N2CCCCC2)c2cc[nH]c2n1. The first-order valence-corrected chi connectivity index (χ1v) is 9.62. The standard InChI is InChI=1S/C12H15N3.4C2H6/c1-2-8-15(9-3-1)11-5-7-14-12-10(11)4-6-13-12;4*1-2/h4-7H,1-3,8-9H2,(H,13,14);4*1-2H3. The van der Waals surface area contributed by atoms with Crippen LogP contribution in [-0.4, -0.2) is 23.1 Å². The summed E-state index contributed by atoms with van der Waals surface area (Å²) >= 11 is 0. The van der Waals surface area contributed by atoms with Crippen LogP contribution in [0.5, 0.6) is 0 Å². The van der Waals surface area contributed by atoms with Gasteiger partial charge < -0.3 is 9.88 Å². The topological polar surface area (TPSA) is 31.9 Å². The summed E-state index contributed by atoms with van der Waals surface area (Å²) in [7, 11) is 0. The molecule has 1 saturated heterocycles. The Morgan fingerprint density at radius 3 is 1.96 bits per heavy atom. The number of hydrogen-bond acceptors (Lipinski definition) is 2. The predicted octanol–water partition coefficient (Wildman–Crippen LogP) is 6.66. The number of anilines is 1. The van der Waals surface area contributed by atoms with Crippen molar-refractivity contribution in [1.82, 2.24) is 9.97 Å². The molecule has 2 aromatic heterocycles. The zero-order valence-corrected chi connectivity index (χ0v) is 16.7. The molecule has 0 bridgehead atoms. The van der Waals surface area contributed by atoms with E-state index in [2.05, 4.69) is 27.0 Å². The number of nitrogens with zero attached hydrogens (tertiary/aromatic N) is 2. The van der Waals surface area contributed by atoms with Crippen LogP contribution in [0.15, 0.2) is 24.5 Å². The van der Waals surface area contributed by atoms with Crippen molar-refractivity contribution in [2.45, 2.75) is 74.7 Å². The van der Waals surface area contributed by atoms with Gasteiger partial charge in [0, 0.05) is 36.6 Å². The fraction of sp³-hybridized carbons (Fsp3) is 0.650. The number of nitrogens with one attached hydrogen (secondary N) is 1. The normalized spacial score (nSPS) is 12.3. The molecule has 0 radical (unpaired) electrons. The van der Waals surface area contributed by atoms with Crippen molar-refractivity contribution < 1.29 is 0 Å². The van der Waals surface area contributed by atoms with E-state index in [0.29, 0.717) is 0 Å². The summed E-state index contributed by atoms with van der Waals surface area (Å²) in [5.74, 6) is 0. The molecule has 2 aromatic rings. The van der Waals surface area contributed by atoms with Crippen molar-refractivity contribution in [1.29, 1.82) is 0 Å². The van der Waals surface area contributed by atoms with E-state index < -0.39 is 0 Å². The minimum Gasteiger partial charge on any atom is -0.371 e. The van der Waals surface area contributed by atoms with Gasteiger partial charge in [-0.2, -0.15) is 0 Å². The van der Waals surface area contributed by atoms with Gasteiger partial charge in [-0.05, 0) is 31.4 Å². The number of aromatic nitrogens is 2. The van der Waals surface area contributed by atoms with E-state index in [1.807, 2.05) is 67.8 Å². The average Bonchev–Trinajstić information content (AvgIpc) is 3.18. The number of H-pyrrole nitrogens is 1. The lowest BCUT2D eigenvalue weighted by atomic mass is 10.1. The van der Waals surface area contributed by atoms with E-state index in [4.69, 9.17) is 0 Å². The maximum absolute atomic E-state index is 4.31. The van der Waals surface area contributed by atoms with Gasteiger partial charge in [-0.15, -0.1) is 0 Å². The van der Waals surface area contributed by atoms with E-state index >= 15 is 0 Å². The van der Waals surface area contributed by atoms with Crippen molar-refractivity contribution >= 4 is 16.7 Å². The van der Waals surface area contributed by atoms with E-state index in [9.17, 15) is 0 Å². The summed E-state index contributed by atoms with van der Waals surface area (Å²) in [6, 6.07) is 4.24. The van der Waals surface area contributed by atoms with Crippen molar-refractivity contribution in [3.8, 4) is 0 Å². The molecule has 134 valence electrons. The molecule has 3 rings (SSSR count). The molecular formula is C20H39N3. The molecule has 1 aliphatic rings. The first kappa shape index (κ1) is 23.8. The molecule has 0 aliphatic carbocycles. The molecule has 1 N–H and O–H groups in total. The molecule has 1 fully saturated rings. The van der Waals surface area contributed by atoms with E-state index in [-0.39, 0.29) is 0 Å². The zero-order chi connectivity index (χ0) is 18.1. The van der Waals surface area contributed by atoms with Crippen LogP contribution in [0.25, 0.3) is 11.0 Å². The van der Waals surface area contributed by atoms with Crippen molar-refractivity contribution in [2.75, 3.05) is 18.0 Å². The number of piperidine rings is 1. The predicted molar refractivity (Wildman–Crippen MR) is 108 cm³/mol. The van der Waals surface area contributed by atoms with Crippen LogP contribution in [0.2, 0.25) is 0 Å². The highest BCUT2D eigenvalue weighted by molar-refractivity contribution is 5.89. The number of rotatable bonds is 1. The van der Waals surface area contributed by atoms with E-state index in [1.54, 1.807) is 0 Å². The van der Waals surface area contributed by atoms with Crippen LogP contribution < -0.4 is 4.90 Å². The van der Waals surface area contributed by atoms with Gasteiger partial charge in [0.05, 0.1) is 0 Å². The summed E-state index contributed by atoms with van der Waals surface area (Å²) < 4.78 is 0. The second-order valence-electron chi connectivity index (χ2n) is 4.12. The van der Waals surface area contributed by atoms with Gasteiger partial charge in [0.1, 0.15) is 5.65 Å². The van der Waals surface area contributed by atoms with E-state index in [0.717, 1.165) is 5.65 Å². The van der Waals surface area contributed by atoms with Crippen molar-refractivity contribution in [3.63, 3.8) is 0 Å². The Labute approximate surface area is 144 Å². The maximum atomic E-state index is 4.31. The minimum absolute atomic E-state index is 0.998. The fourth-order valence-electron chi connectivity index (χ4n) is 2.36. The Balaban J connectivity index is 0. The lowest BCUT2D eigenvalue weighted by Crippen LogP contribution is -2.29. The van der Waals surface area contributed by atoms with Crippen molar-refractivity contribution in [3.05, 3.63) is 24.5 Å². The minimum atomic E-state index is 0.998. The number of hydrogen-bond donors (Lipinski definition) is 1. The van der Waals surface area contributed by atoms with Gasteiger partial charge in [0.25, 0.3) is 0 Å². The summed E-state index contributed by atoms with van der Waals surface area (Å²) in [6.07, 6.45) is 7.86. The molecule has 0 aromatic carbocycles. The van der Waals surface area contributed by atoms with Crippen LogP contribution >= 0.6 is 0 Å². The molecule has 3 nitrogen and oxygen atoms in total. The highest BCUT2D eigenvalue weighted by Crippen LogP contribution is 2.26. The summed E-state index contributed by atoms with van der Waals surface area (Å²) in [5.41, 5.74) is 2.33. The van der Waals surface area contributed by atoms with Gasteiger partial charge >= 0.3 is 0 Å². The Kier molecular flexibility index (Phi) is 17.4. The second-order valence-corrected chi connectivity index (χ2v) is 4.12. The molecule has 23 heavy (non-hydrogen) atoms. The lowest BCUT2D eigenvalue weighted by molar-refractivity contribution is 0.579. The number of aromatic amines is 1. The molecule has 0 atom stereocenters. The van der Waals surface area contributed by atoms with Gasteiger partial charge in [-0.3, -0.25) is 0 Å². The summed E-state index contributed by atoms with van der Waals surface area (Å²) in [6.45, 7) is 18.4. The van der Waals surface area contributed by atoms with Crippen LogP contribution in [0, 0.1) is 0 Å². The molecule has 0 unspecified atom stereocenters. The molecule has 0 amide bonds. The molecular weight excluding hydrogens is 282 g/mol. The first-order chi connectivity index (χ1) is 11.4. The Morgan fingerprint density at radius 1 is 0.826 bits per heavy atom. The third kappa shape index (κ3) is 7.54. The third-order valence-electron chi connectivity index (χ3n) is 3.13. The molecule has 1 aliphatic heterocycles. The van der Waals surface area contributed by atoms with Crippen LogP contribution in [0.1, 0.15) is 74.7 Å². The van der Waals surface area contributed by atoms with Crippen molar-refractivity contribution in [2.24, 2.45) is 0 Å². The third-order valence-corrected chi connectivity index (χ3v) is 3.13. The number of pyridine rings is 1. The zero-order valence-electron chi connectivity index (χ0n) is 16.7. The highest BCUT2D eigenvalue weighted by Gasteiger charge is 2.13. The summed E-state index contributed by atoms with van der Waals surface area (Å²) in [4.78, 5) is 9.95. The number of fused-ring (bicyclic) bond motifs is 1. The monoisotopic (exact) mass is 321 g/mol. The lowest BCUT2D eigenvalue weighted by Gasteiger charge is -2.29. The fourth-order valence-corrected chi connectivity index (χ4v) is 2.36. The highest BCUT2D eigenvalue weighted by atomic mass is 15.1. The van der Waals surface area contributed by atoms with Gasteiger partial charge in [-0.1, -0.05) is 55.4 Å². The molecule has 0 saturated carbocycles. The molecule has 3 heterocycles. The second kappa shape index (κ2) is 16.9. The Bertz CT molecular complexity index is 457. The quantitative estimate of drug-likeness (QED) is 0.637. The van der Waals surface area contributed by atoms with Crippen LogP contribution in [0.3, 0.4) is 0 Å². The first-order valence-electron chi connectivity index (χ1n) is 9.62. The van der Waals surface area contributed by atoms with Gasteiger partial charge in [-0.25, -0.2) is 4.98 Å². The largest absolute Gasteiger partial charge is 0.371 e. The van der Waals surface area contributed by atoms with Crippen LogP contribution in [-0.2, 0) is 0 Å². The average molecular weight is 322 g/mol. The Hall–Kier alpha value is -1.51. The maximum Gasteiger partial charge on any atom is 0.139 e. The molecule has 0 spiro atoms. The summed E-state index contributed by atoms with van der Waals surface area (Å²) in [5, 5.41) is 1.25. The van der Waals surface area contributed by atoms with Gasteiger partial charge in [0.15, 0.2) is 0 Å².